The van der Waals surface area contributed by atoms with E-state index < -0.39 is 10.2 Å². The second-order valence-corrected chi connectivity index (χ2v) is 0.461. The van der Waals surface area contributed by atoms with Crippen molar-refractivity contribution >= 4 is 23.1 Å². The third-order valence-corrected chi connectivity index (χ3v) is 0. The number of nitrogens with zero attached hydrogens (tertiary/aromatic N) is 2. The summed E-state index contributed by atoms with van der Waals surface area (Å²) in [5, 5.41) is 28.4. The number of hydrogen-bond acceptors (Lipinski definition) is 5. The van der Waals surface area contributed by atoms with Crippen molar-refractivity contribution < 1.29 is 99.6 Å². The van der Waals surface area contributed by atoms with E-state index in [1.807, 2.05) is 0 Å². The van der Waals surface area contributed by atoms with Gasteiger partial charge in [0.05, 0.1) is 5.09 Å². The molecule has 0 aliphatic rings. The molecule has 0 aromatic heterocycles. The Balaban J connectivity index is -0.00000000375. The minimum absolute atomic E-state index is 0. The van der Waals surface area contributed by atoms with E-state index >= 15 is 0 Å². The Morgan fingerprint density at radius 1 is 0.750 bits per heavy atom. The SMILES string of the molecule is O.O.O.O.O.O.O=[N+]([O-])O.O=[N+]([O-])[O-].[K+].[MgH2]. The Morgan fingerprint density at radius 2 is 0.750 bits per heavy atom. The zero-order valence-electron chi connectivity index (χ0n) is 7.38. The molecule has 0 fully saturated rings. The first-order valence-corrected chi connectivity index (χ1v) is 1.11. The zero-order valence-corrected chi connectivity index (χ0v) is 10.5. The van der Waals surface area contributed by atoms with Crippen LogP contribution in [0.5, 0.6) is 0 Å². The van der Waals surface area contributed by atoms with E-state index in [0.717, 1.165) is 0 Å². The van der Waals surface area contributed by atoms with Gasteiger partial charge in [0.15, 0.2) is 0 Å². The molecular weight excluding hydrogens is 283 g/mol. The predicted octanol–water partition coefficient (Wildman–Crippen LogP) is -9.45. The molecule has 0 rings (SSSR count). The van der Waals surface area contributed by atoms with E-state index in [9.17, 15) is 0 Å². The Morgan fingerprint density at radius 3 is 0.750 bits per heavy atom. The molecule has 0 aromatic carbocycles. The van der Waals surface area contributed by atoms with E-state index in [4.69, 9.17) is 30.6 Å². The average Bonchev–Trinajstić information content (AvgIpc) is 1.25. The summed E-state index contributed by atoms with van der Waals surface area (Å²) < 4.78 is 0. The van der Waals surface area contributed by atoms with Crippen molar-refractivity contribution in [2.24, 2.45) is 0 Å². The number of rotatable bonds is 0. The van der Waals surface area contributed by atoms with Crippen LogP contribution in [0.4, 0.5) is 0 Å². The maximum Gasteiger partial charge on any atom is 1.00 e. The molecule has 100 valence electrons. The molecule has 0 atom stereocenters. The molecule has 0 spiro atoms. The second-order valence-electron chi connectivity index (χ2n) is 0.461. The van der Waals surface area contributed by atoms with E-state index in [2.05, 4.69) is 0 Å². The molecule has 16 heteroatoms. The van der Waals surface area contributed by atoms with E-state index in [1.54, 1.807) is 0 Å². The fourth-order valence-electron chi connectivity index (χ4n) is 0. The predicted molar refractivity (Wildman–Crippen MR) is 49.4 cm³/mol. The summed E-state index contributed by atoms with van der Waals surface area (Å²) in [7, 11) is 0. The molecule has 0 bridgehead atoms. The van der Waals surface area contributed by atoms with Gasteiger partial charge in [0.1, 0.15) is 0 Å². The van der Waals surface area contributed by atoms with E-state index in [0.29, 0.717) is 0 Å². The van der Waals surface area contributed by atoms with Crippen molar-refractivity contribution in [3.63, 3.8) is 0 Å². The largest absolute Gasteiger partial charge is 1.00 e. The molecule has 0 aliphatic carbocycles. The Kier molecular flexibility index (Phi) is 446. The summed E-state index contributed by atoms with van der Waals surface area (Å²) in [4.78, 5) is 16.6. The zero-order chi connectivity index (χ0) is 7.15. The van der Waals surface area contributed by atoms with Gasteiger partial charge in [0, 0.05) is 0 Å². The van der Waals surface area contributed by atoms with Gasteiger partial charge < -0.3 is 53.4 Å². The van der Waals surface area contributed by atoms with Crippen LogP contribution in [0.2, 0.25) is 0 Å². The van der Waals surface area contributed by atoms with Crippen molar-refractivity contribution in [3.8, 4) is 0 Å². The monoisotopic (exact) mass is 298 g/mol. The Bertz CT molecular complexity index is 77.0. The molecule has 0 unspecified atom stereocenters. The maximum absolute atomic E-state index is 8.36. The van der Waals surface area contributed by atoms with Crippen LogP contribution in [0.3, 0.4) is 0 Å². The summed E-state index contributed by atoms with van der Waals surface area (Å²) in [6.07, 6.45) is 0. The summed E-state index contributed by atoms with van der Waals surface area (Å²) >= 11 is 0. The topological polar surface area (TPSA) is 319 Å². The molecule has 0 saturated heterocycles. The smallest absolute Gasteiger partial charge is 0.412 e. The Labute approximate surface area is 146 Å². The molecule has 0 heterocycles. The molecular formula is H15KMgN2O12. The second kappa shape index (κ2) is 76.6. The van der Waals surface area contributed by atoms with Crippen LogP contribution in [0.15, 0.2) is 0 Å². The van der Waals surface area contributed by atoms with Gasteiger partial charge in [-0.25, -0.2) is 0 Å². The quantitative estimate of drug-likeness (QED) is 0.256. The summed E-state index contributed by atoms with van der Waals surface area (Å²) in [6.45, 7) is 0. The fourth-order valence-corrected chi connectivity index (χ4v) is 0. The van der Waals surface area contributed by atoms with Gasteiger partial charge in [0.25, 0.3) is 5.09 Å². The van der Waals surface area contributed by atoms with Crippen LogP contribution in [0.25, 0.3) is 0 Å². The molecule has 0 aromatic rings. The van der Waals surface area contributed by atoms with Crippen LogP contribution in [-0.2, 0) is 0 Å². The van der Waals surface area contributed by atoms with Crippen molar-refractivity contribution in [1.29, 1.82) is 0 Å². The molecule has 16 heavy (non-hydrogen) atoms. The third-order valence-electron chi connectivity index (χ3n) is 0. The summed E-state index contributed by atoms with van der Waals surface area (Å²) in [5.41, 5.74) is 0. The summed E-state index contributed by atoms with van der Waals surface area (Å²) in [6, 6.07) is 0. The van der Waals surface area contributed by atoms with Gasteiger partial charge >= 0.3 is 74.4 Å². The first-order chi connectivity index (χ1) is 3.46. The molecule has 0 amide bonds. The molecule has 0 saturated carbocycles. The van der Waals surface area contributed by atoms with Gasteiger partial charge in [-0.05, 0) is 0 Å². The summed E-state index contributed by atoms with van der Waals surface area (Å²) in [5.74, 6) is 0. The third kappa shape index (κ3) is 8460. The van der Waals surface area contributed by atoms with Crippen molar-refractivity contribution in [2.75, 3.05) is 0 Å². The van der Waals surface area contributed by atoms with Crippen LogP contribution in [-0.4, -0.2) is 71.3 Å². The minimum atomic E-state index is -1.75. The molecule has 14 nitrogen and oxygen atoms in total. The van der Waals surface area contributed by atoms with Crippen LogP contribution in [0.1, 0.15) is 0 Å². The molecule has 13 N–H and O–H groups in total. The van der Waals surface area contributed by atoms with Gasteiger partial charge in [-0.2, -0.15) is 0 Å². The standard InChI is InChI=1S/K.Mg.HNO3.NO3.6H2O.2H/c;;2*2-1(3)4;;;;;;;;/h;;(H,2,3,4);;6*1H2;;/q+1;;;-1;;;;;;;;. The molecule has 0 radical (unpaired) electrons. The van der Waals surface area contributed by atoms with E-state index in [1.165, 1.54) is 0 Å². The van der Waals surface area contributed by atoms with Crippen molar-refractivity contribution in [3.05, 3.63) is 25.4 Å². The fraction of sp³-hybridized carbons (Fsp3) is 0. The molecule has 0 aliphatic heterocycles. The van der Waals surface area contributed by atoms with Gasteiger partial charge in [0.2, 0.25) is 0 Å². The van der Waals surface area contributed by atoms with Crippen LogP contribution < -0.4 is 51.4 Å². The number of hydrogen-bond donors (Lipinski definition) is 1. The van der Waals surface area contributed by atoms with Crippen molar-refractivity contribution in [2.45, 2.75) is 0 Å². The van der Waals surface area contributed by atoms with E-state index in [-0.39, 0.29) is 107 Å². The van der Waals surface area contributed by atoms with Crippen LogP contribution in [0, 0.1) is 25.4 Å². The normalized spacial score (nSPS) is 3.00. The minimum Gasteiger partial charge on any atom is -0.412 e. The Hall–Kier alpha value is 0.563. The van der Waals surface area contributed by atoms with Gasteiger partial charge in [-0.1, -0.05) is 0 Å². The van der Waals surface area contributed by atoms with Gasteiger partial charge in [-0.3, -0.25) is 0 Å². The first kappa shape index (κ1) is 93.1. The average molecular weight is 299 g/mol. The van der Waals surface area contributed by atoms with Gasteiger partial charge in [-0.15, -0.1) is 10.1 Å². The maximum atomic E-state index is 8.36. The van der Waals surface area contributed by atoms with Crippen LogP contribution >= 0.6 is 0 Å². The van der Waals surface area contributed by atoms with Crippen molar-refractivity contribution in [1.82, 2.24) is 0 Å². The first-order valence-electron chi connectivity index (χ1n) is 1.11.